The van der Waals surface area contributed by atoms with Crippen molar-refractivity contribution in [2.24, 2.45) is 5.92 Å². The van der Waals surface area contributed by atoms with Crippen molar-refractivity contribution in [3.05, 3.63) is 30.1 Å². The van der Waals surface area contributed by atoms with E-state index in [0.29, 0.717) is 12.0 Å². The summed E-state index contributed by atoms with van der Waals surface area (Å²) in [5.74, 6) is 7.20. The van der Waals surface area contributed by atoms with Gasteiger partial charge in [0.05, 0.1) is 0 Å². The average Bonchev–Trinajstić information content (AvgIpc) is 2.89. The van der Waals surface area contributed by atoms with Gasteiger partial charge in [-0.1, -0.05) is 11.8 Å². The van der Waals surface area contributed by atoms with Gasteiger partial charge in [-0.2, -0.15) is 0 Å². The zero-order valence-corrected chi connectivity index (χ0v) is 8.61. The Bertz CT molecular complexity index is 402. The van der Waals surface area contributed by atoms with Crippen molar-refractivity contribution in [1.82, 2.24) is 10.3 Å². The molecule has 2 aliphatic heterocycles. The minimum Gasteiger partial charge on any atom is -0.310 e. The molecule has 0 spiro atoms. The molecule has 3 rings (SSSR count). The molecular formula is C13H14N2. The first-order valence-electron chi connectivity index (χ1n) is 5.59. The normalized spacial score (nSPS) is 32.4. The highest BCUT2D eigenvalue weighted by molar-refractivity contribution is 5.33. The summed E-state index contributed by atoms with van der Waals surface area (Å²) in [5, 5.41) is 3.60. The lowest BCUT2D eigenvalue weighted by atomic mass is 9.89. The van der Waals surface area contributed by atoms with Crippen LogP contribution in [-0.2, 0) is 0 Å². The molecule has 1 N–H and O–H groups in total. The van der Waals surface area contributed by atoms with Gasteiger partial charge in [-0.3, -0.25) is 4.98 Å². The number of nitrogens with one attached hydrogen (secondary N) is 1. The predicted molar refractivity (Wildman–Crippen MR) is 59.2 cm³/mol. The van der Waals surface area contributed by atoms with Crippen LogP contribution < -0.4 is 5.32 Å². The van der Waals surface area contributed by atoms with Crippen LogP contribution in [0.4, 0.5) is 0 Å². The van der Waals surface area contributed by atoms with Crippen LogP contribution >= 0.6 is 0 Å². The van der Waals surface area contributed by atoms with Gasteiger partial charge in [0, 0.05) is 36.0 Å². The minimum atomic E-state index is 0.567. The quantitative estimate of drug-likeness (QED) is 0.640. The van der Waals surface area contributed by atoms with Crippen molar-refractivity contribution in [3.63, 3.8) is 0 Å². The van der Waals surface area contributed by atoms with E-state index >= 15 is 0 Å². The predicted octanol–water partition coefficient (Wildman–Crippen LogP) is 1.57. The molecule has 2 fully saturated rings. The van der Waals surface area contributed by atoms with Crippen molar-refractivity contribution in [3.8, 4) is 11.8 Å². The van der Waals surface area contributed by atoms with Crippen LogP contribution in [0.5, 0.6) is 0 Å². The fraction of sp³-hybridized carbons (Fsp3) is 0.462. The topological polar surface area (TPSA) is 24.9 Å². The van der Waals surface area contributed by atoms with Crippen LogP contribution in [0.2, 0.25) is 0 Å². The summed E-state index contributed by atoms with van der Waals surface area (Å²) in [6.07, 6.45) is 7.48. The third kappa shape index (κ3) is 1.75. The number of pyridine rings is 1. The summed E-state index contributed by atoms with van der Waals surface area (Å²) in [6.45, 7) is 0. The molecule has 0 saturated carbocycles. The maximum Gasteiger partial charge on any atom is 0.0374 e. The van der Waals surface area contributed by atoms with E-state index in [1.54, 1.807) is 12.4 Å². The van der Waals surface area contributed by atoms with Gasteiger partial charge < -0.3 is 5.32 Å². The number of hydrogen-bond acceptors (Lipinski definition) is 2. The van der Waals surface area contributed by atoms with E-state index in [1.165, 1.54) is 19.3 Å². The van der Waals surface area contributed by atoms with Crippen molar-refractivity contribution in [2.75, 3.05) is 0 Å². The first kappa shape index (κ1) is 8.94. The van der Waals surface area contributed by atoms with E-state index in [0.717, 1.165) is 11.6 Å². The molecule has 2 heteroatoms. The van der Waals surface area contributed by atoms with Crippen LogP contribution in [0.25, 0.3) is 0 Å². The molecule has 0 radical (unpaired) electrons. The molecule has 2 aliphatic rings. The molecule has 3 atom stereocenters. The maximum atomic E-state index is 3.98. The lowest BCUT2D eigenvalue weighted by molar-refractivity contribution is 0.493. The van der Waals surface area contributed by atoms with Crippen molar-refractivity contribution >= 4 is 0 Å². The Morgan fingerprint density at radius 2 is 2.13 bits per heavy atom. The molecule has 0 amide bonds. The fourth-order valence-corrected chi connectivity index (χ4v) is 2.59. The maximum absolute atomic E-state index is 3.98. The van der Waals surface area contributed by atoms with Gasteiger partial charge in [-0.15, -0.1) is 0 Å². The summed E-state index contributed by atoms with van der Waals surface area (Å²) in [5.41, 5.74) is 1.08. The molecular weight excluding hydrogens is 184 g/mol. The Labute approximate surface area is 90.1 Å². The summed E-state index contributed by atoms with van der Waals surface area (Å²) >= 11 is 0. The van der Waals surface area contributed by atoms with Gasteiger partial charge in [-0.25, -0.2) is 0 Å². The monoisotopic (exact) mass is 198 g/mol. The molecule has 3 unspecified atom stereocenters. The molecule has 2 nitrogen and oxygen atoms in total. The highest BCUT2D eigenvalue weighted by atomic mass is 15.0. The van der Waals surface area contributed by atoms with E-state index < -0.39 is 0 Å². The summed E-state index contributed by atoms with van der Waals surface area (Å²) in [6, 6.07) is 5.33. The van der Waals surface area contributed by atoms with E-state index in [-0.39, 0.29) is 0 Å². The van der Waals surface area contributed by atoms with E-state index in [2.05, 4.69) is 22.1 Å². The molecule has 15 heavy (non-hydrogen) atoms. The largest absolute Gasteiger partial charge is 0.310 e. The third-order valence-electron chi connectivity index (χ3n) is 3.38. The Hall–Kier alpha value is -1.33. The first-order chi connectivity index (χ1) is 7.42. The third-order valence-corrected chi connectivity index (χ3v) is 3.38. The van der Waals surface area contributed by atoms with Gasteiger partial charge in [0.25, 0.3) is 0 Å². The van der Waals surface area contributed by atoms with Crippen LogP contribution in [0, 0.1) is 17.8 Å². The SMILES string of the molecule is C(#CC1CC2CCC1N2)c1ccncc1. The van der Waals surface area contributed by atoms with Crippen LogP contribution in [-0.4, -0.2) is 17.1 Å². The zero-order chi connectivity index (χ0) is 10.1. The van der Waals surface area contributed by atoms with E-state index in [9.17, 15) is 0 Å². The minimum absolute atomic E-state index is 0.567. The Morgan fingerprint density at radius 3 is 2.80 bits per heavy atom. The van der Waals surface area contributed by atoms with Crippen LogP contribution in [0.15, 0.2) is 24.5 Å². The summed E-state index contributed by atoms with van der Waals surface area (Å²) < 4.78 is 0. The average molecular weight is 198 g/mol. The Kier molecular flexibility index (Phi) is 2.19. The van der Waals surface area contributed by atoms with E-state index in [1.807, 2.05) is 12.1 Å². The lowest BCUT2D eigenvalue weighted by Gasteiger charge is -2.13. The van der Waals surface area contributed by atoms with Crippen molar-refractivity contribution in [1.29, 1.82) is 0 Å². The van der Waals surface area contributed by atoms with Gasteiger partial charge in [0.2, 0.25) is 0 Å². The fourth-order valence-electron chi connectivity index (χ4n) is 2.59. The Morgan fingerprint density at radius 1 is 1.27 bits per heavy atom. The van der Waals surface area contributed by atoms with E-state index in [4.69, 9.17) is 0 Å². The van der Waals surface area contributed by atoms with Gasteiger partial charge in [0.15, 0.2) is 0 Å². The van der Waals surface area contributed by atoms with Gasteiger partial charge in [0.1, 0.15) is 0 Å². The second-order valence-corrected chi connectivity index (χ2v) is 4.39. The summed E-state index contributed by atoms with van der Waals surface area (Å²) in [4.78, 5) is 3.98. The molecule has 2 bridgehead atoms. The number of aromatic nitrogens is 1. The highest BCUT2D eigenvalue weighted by Gasteiger charge is 2.37. The molecule has 1 aromatic rings. The standard InChI is InChI=1S/C13H14N2/c1(10-5-7-14-8-6-10)2-11-9-12-3-4-13(11)15-12/h5-8,11-13,15H,3-4,9H2. The molecule has 0 aliphatic carbocycles. The second kappa shape index (κ2) is 3.67. The molecule has 3 heterocycles. The zero-order valence-electron chi connectivity index (χ0n) is 8.61. The summed E-state index contributed by atoms with van der Waals surface area (Å²) in [7, 11) is 0. The molecule has 76 valence electrons. The van der Waals surface area contributed by atoms with Crippen molar-refractivity contribution < 1.29 is 0 Å². The molecule has 0 aromatic carbocycles. The number of hydrogen-bond donors (Lipinski definition) is 1. The lowest BCUT2D eigenvalue weighted by Crippen LogP contribution is -2.21. The van der Waals surface area contributed by atoms with Crippen LogP contribution in [0.3, 0.4) is 0 Å². The first-order valence-corrected chi connectivity index (χ1v) is 5.59. The molecule has 2 saturated heterocycles. The van der Waals surface area contributed by atoms with Gasteiger partial charge in [-0.05, 0) is 31.4 Å². The second-order valence-electron chi connectivity index (χ2n) is 4.39. The highest BCUT2D eigenvalue weighted by Crippen LogP contribution is 2.32. The smallest absolute Gasteiger partial charge is 0.0374 e. The number of rotatable bonds is 0. The van der Waals surface area contributed by atoms with Crippen LogP contribution in [0.1, 0.15) is 24.8 Å². The number of fused-ring (bicyclic) bond motifs is 2. The molecule has 1 aromatic heterocycles. The van der Waals surface area contributed by atoms with Gasteiger partial charge >= 0.3 is 0 Å². The Balaban J connectivity index is 1.74. The number of nitrogens with zero attached hydrogens (tertiary/aromatic N) is 1. The van der Waals surface area contributed by atoms with Crippen molar-refractivity contribution in [2.45, 2.75) is 31.3 Å².